The van der Waals surface area contributed by atoms with Crippen molar-refractivity contribution in [3.63, 3.8) is 0 Å². The summed E-state index contributed by atoms with van der Waals surface area (Å²) >= 11 is 0. The molecule has 1 saturated heterocycles. The maximum atomic E-state index is 5.97. The highest BCUT2D eigenvalue weighted by molar-refractivity contribution is 5.25. The van der Waals surface area contributed by atoms with Crippen molar-refractivity contribution in [2.24, 2.45) is 0 Å². The predicted molar refractivity (Wildman–Crippen MR) is 69.2 cm³/mol. The Hall–Kier alpha value is -1.58. The molecule has 0 amide bonds. The minimum atomic E-state index is -0.110. The van der Waals surface area contributed by atoms with Gasteiger partial charge in [0.05, 0.1) is 30.8 Å². The molecule has 1 aliphatic heterocycles. The summed E-state index contributed by atoms with van der Waals surface area (Å²) in [6.45, 7) is 3.63. The van der Waals surface area contributed by atoms with E-state index >= 15 is 0 Å². The van der Waals surface area contributed by atoms with Crippen LogP contribution in [0.4, 0.5) is 0 Å². The predicted octanol–water partition coefficient (Wildman–Crippen LogP) is 2.86. The quantitative estimate of drug-likeness (QED) is 0.880. The summed E-state index contributed by atoms with van der Waals surface area (Å²) in [6.07, 6.45) is 3.52. The molecule has 3 rings (SSSR count). The van der Waals surface area contributed by atoms with E-state index in [0.717, 1.165) is 12.1 Å². The Morgan fingerprint density at radius 2 is 2.06 bits per heavy atom. The standard InChI is InChI=1S/C15H17NO2/c1-15(13-5-3-2-4-6-13)11-18-14(9-16-15)12-7-8-17-10-12/h2-8,10,14,16H,9,11H2,1H3. The average Bonchev–Trinajstić information content (AvgIpc) is 2.95. The summed E-state index contributed by atoms with van der Waals surface area (Å²) in [7, 11) is 0. The van der Waals surface area contributed by atoms with Gasteiger partial charge < -0.3 is 14.5 Å². The second kappa shape index (κ2) is 4.59. The first kappa shape index (κ1) is 11.5. The molecule has 2 atom stereocenters. The Morgan fingerprint density at radius 1 is 1.22 bits per heavy atom. The zero-order valence-electron chi connectivity index (χ0n) is 10.4. The minimum absolute atomic E-state index is 0.0838. The molecule has 1 aromatic carbocycles. The van der Waals surface area contributed by atoms with E-state index < -0.39 is 0 Å². The number of morpholine rings is 1. The second-order valence-corrected chi connectivity index (χ2v) is 4.94. The van der Waals surface area contributed by atoms with Crippen LogP contribution in [0.1, 0.15) is 24.2 Å². The number of rotatable bonds is 2. The average molecular weight is 243 g/mol. The molecule has 1 aliphatic rings. The van der Waals surface area contributed by atoms with Gasteiger partial charge in [-0.25, -0.2) is 0 Å². The third-order valence-corrected chi connectivity index (χ3v) is 3.58. The van der Waals surface area contributed by atoms with Crippen LogP contribution in [0.15, 0.2) is 53.3 Å². The van der Waals surface area contributed by atoms with E-state index in [4.69, 9.17) is 9.15 Å². The lowest BCUT2D eigenvalue weighted by Gasteiger charge is -2.38. The van der Waals surface area contributed by atoms with E-state index in [0.29, 0.717) is 6.61 Å². The summed E-state index contributed by atoms with van der Waals surface area (Å²) in [4.78, 5) is 0. The molecule has 2 unspecified atom stereocenters. The maximum Gasteiger partial charge on any atom is 0.0981 e. The normalized spacial score (nSPS) is 28.2. The van der Waals surface area contributed by atoms with Crippen molar-refractivity contribution in [2.75, 3.05) is 13.2 Å². The number of nitrogens with one attached hydrogen (secondary N) is 1. The number of furan rings is 1. The Morgan fingerprint density at radius 3 is 2.67 bits per heavy atom. The molecule has 0 spiro atoms. The van der Waals surface area contributed by atoms with Crippen molar-refractivity contribution >= 4 is 0 Å². The first-order valence-electron chi connectivity index (χ1n) is 6.22. The highest BCUT2D eigenvalue weighted by Crippen LogP contribution is 2.29. The third kappa shape index (κ3) is 2.07. The summed E-state index contributed by atoms with van der Waals surface area (Å²) < 4.78 is 11.1. The molecule has 1 N–H and O–H groups in total. The van der Waals surface area contributed by atoms with Crippen molar-refractivity contribution in [3.05, 3.63) is 60.1 Å². The molecular formula is C15H17NO2. The van der Waals surface area contributed by atoms with E-state index in [1.54, 1.807) is 12.5 Å². The molecule has 1 fully saturated rings. The SMILES string of the molecule is CC1(c2ccccc2)COC(c2ccoc2)CN1. The van der Waals surface area contributed by atoms with Crippen LogP contribution in [-0.2, 0) is 10.3 Å². The van der Waals surface area contributed by atoms with E-state index in [2.05, 4.69) is 36.5 Å². The first-order chi connectivity index (χ1) is 8.78. The van der Waals surface area contributed by atoms with Gasteiger partial charge in [-0.15, -0.1) is 0 Å². The molecule has 94 valence electrons. The first-order valence-corrected chi connectivity index (χ1v) is 6.22. The Balaban J connectivity index is 1.73. The van der Waals surface area contributed by atoms with Crippen LogP contribution >= 0.6 is 0 Å². The fourth-order valence-corrected chi connectivity index (χ4v) is 2.36. The molecule has 0 radical (unpaired) electrons. The van der Waals surface area contributed by atoms with Crippen LogP contribution < -0.4 is 5.32 Å². The van der Waals surface area contributed by atoms with E-state index in [1.807, 2.05) is 12.1 Å². The van der Waals surface area contributed by atoms with Crippen LogP contribution in [0, 0.1) is 0 Å². The molecule has 3 heteroatoms. The van der Waals surface area contributed by atoms with Gasteiger partial charge in [-0.05, 0) is 18.6 Å². The van der Waals surface area contributed by atoms with Gasteiger partial charge in [0, 0.05) is 12.1 Å². The Labute approximate surface area is 107 Å². The number of ether oxygens (including phenoxy) is 1. The van der Waals surface area contributed by atoms with Gasteiger partial charge in [-0.3, -0.25) is 0 Å². The zero-order chi connectivity index (χ0) is 12.4. The van der Waals surface area contributed by atoms with Crippen LogP contribution in [0.2, 0.25) is 0 Å². The molecular weight excluding hydrogens is 226 g/mol. The molecule has 0 aliphatic carbocycles. The lowest BCUT2D eigenvalue weighted by Crippen LogP contribution is -2.50. The summed E-state index contributed by atoms with van der Waals surface area (Å²) in [5, 5.41) is 3.58. The zero-order valence-corrected chi connectivity index (χ0v) is 10.4. The number of benzene rings is 1. The molecule has 2 heterocycles. The molecule has 0 bridgehead atoms. The maximum absolute atomic E-state index is 5.97. The summed E-state index contributed by atoms with van der Waals surface area (Å²) in [6, 6.07) is 12.4. The van der Waals surface area contributed by atoms with Crippen molar-refractivity contribution < 1.29 is 9.15 Å². The fourth-order valence-electron chi connectivity index (χ4n) is 2.36. The molecule has 0 saturated carbocycles. The second-order valence-electron chi connectivity index (χ2n) is 4.94. The fraction of sp³-hybridized carbons (Fsp3) is 0.333. The van der Waals surface area contributed by atoms with Gasteiger partial charge in [0.1, 0.15) is 0 Å². The van der Waals surface area contributed by atoms with Crippen molar-refractivity contribution in [2.45, 2.75) is 18.6 Å². The van der Waals surface area contributed by atoms with Gasteiger partial charge >= 0.3 is 0 Å². The Kier molecular flexibility index (Phi) is 2.94. The highest BCUT2D eigenvalue weighted by atomic mass is 16.5. The van der Waals surface area contributed by atoms with Gasteiger partial charge in [-0.1, -0.05) is 30.3 Å². The molecule has 3 nitrogen and oxygen atoms in total. The van der Waals surface area contributed by atoms with Crippen molar-refractivity contribution in [1.82, 2.24) is 5.32 Å². The van der Waals surface area contributed by atoms with Crippen LogP contribution in [0.5, 0.6) is 0 Å². The van der Waals surface area contributed by atoms with Gasteiger partial charge in [-0.2, -0.15) is 0 Å². The van der Waals surface area contributed by atoms with Gasteiger partial charge in [0.25, 0.3) is 0 Å². The third-order valence-electron chi connectivity index (χ3n) is 3.58. The topological polar surface area (TPSA) is 34.4 Å². The van der Waals surface area contributed by atoms with Crippen LogP contribution in [0.3, 0.4) is 0 Å². The van der Waals surface area contributed by atoms with Gasteiger partial charge in [0.15, 0.2) is 0 Å². The monoisotopic (exact) mass is 243 g/mol. The molecule has 2 aromatic rings. The summed E-state index contributed by atoms with van der Waals surface area (Å²) in [5.74, 6) is 0. The number of hydrogen-bond donors (Lipinski definition) is 1. The van der Waals surface area contributed by atoms with Crippen molar-refractivity contribution in [3.8, 4) is 0 Å². The van der Waals surface area contributed by atoms with E-state index in [-0.39, 0.29) is 11.6 Å². The minimum Gasteiger partial charge on any atom is -0.472 e. The molecule has 1 aromatic heterocycles. The number of hydrogen-bond acceptors (Lipinski definition) is 3. The van der Waals surface area contributed by atoms with E-state index in [1.165, 1.54) is 5.56 Å². The van der Waals surface area contributed by atoms with Crippen LogP contribution in [-0.4, -0.2) is 13.2 Å². The van der Waals surface area contributed by atoms with Crippen molar-refractivity contribution in [1.29, 1.82) is 0 Å². The Bertz CT molecular complexity index is 484. The molecule has 18 heavy (non-hydrogen) atoms. The lowest BCUT2D eigenvalue weighted by molar-refractivity contribution is -0.0310. The lowest BCUT2D eigenvalue weighted by atomic mass is 9.91. The van der Waals surface area contributed by atoms with E-state index in [9.17, 15) is 0 Å². The highest BCUT2D eigenvalue weighted by Gasteiger charge is 2.33. The largest absolute Gasteiger partial charge is 0.472 e. The van der Waals surface area contributed by atoms with Gasteiger partial charge in [0.2, 0.25) is 0 Å². The summed E-state index contributed by atoms with van der Waals surface area (Å²) in [5.41, 5.74) is 2.25. The smallest absolute Gasteiger partial charge is 0.0981 e. The van der Waals surface area contributed by atoms with Crippen LogP contribution in [0.25, 0.3) is 0 Å².